The van der Waals surface area contributed by atoms with Crippen molar-refractivity contribution in [1.82, 2.24) is 9.80 Å². The molecule has 2 saturated heterocycles. The summed E-state index contributed by atoms with van der Waals surface area (Å²) in [5.41, 5.74) is 4.12. The topological polar surface area (TPSA) is 77.3 Å². The lowest BCUT2D eigenvalue weighted by atomic mass is 10.0. The molecule has 5 aromatic rings. The fraction of sp³-hybridized carbons (Fsp3) is 0.325. The molecule has 2 aliphatic heterocycles. The number of fused-ring (bicyclic) bond motifs is 2. The Morgan fingerprint density at radius 2 is 0.938 bits per heavy atom. The van der Waals surface area contributed by atoms with Gasteiger partial charge >= 0.3 is 0 Å². The van der Waals surface area contributed by atoms with Gasteiger partial charge in [0, 0.05) is 101 Å². The van der Waals surface area contributed by atoms with Crippen LogP contribution in [0.5, 0.6) is 0 Å². The molecule has 48 heavy (non-hydrogen) atoms. The highest BCUT2D eigenvalue weighted by molar-refractivity contribution is 6.02. The van der Waals surface area contributed by atoms with Crippen molar-refractivity contribution in [1.29, 1.82) is 0 Å². The van der Waals surface area contributed by atoms with Crippen molar-refractivity contribution >= 4 is 44.9 Å². The molecule has 8 heteroatoms. The van der Waals surface area contributed by atoms with E-state index in [4.69, 9.17) is 4.42 Å². The normalized spacial score (nSPS) is 15.8. The quantitative estimate of drug-likeness (QED) is 0.128. The summed E-state index contributed by atoms with van der Waals surface area (Å²) in [5, 5.41) is 0.724. The first-order valence-corrected chi connectivity index (χ1v) is 16.6. The minimum Gasteiger partial charge on any atom is -0.456 e. The summed E-state index contributed by atoms with van der Waals surface area (Å²) in [6.07, 6.45) is 0.769. The van der Waals surface area contributed by atoms with Crippen molar-refractivity contribution in [2.24, 2.45) is 0 Å². The lowest BCUT2D eigenvalue weighted by Crippen LogP contribution is -2.46. The minimum absolute atomic E-state index is 0. The highest BCUT2D eigenvalue weighted by atomic mass is 16.3. The maximum Gasteiger partial charge on any atom is 0.200 e. The van der Waals surface area contributed by atoms with Crippen LogP contribution in [0.1, 0.15) is 41.0 Å². The molecule has 0 unspecified atom stereocenters. The molecule has 0 amide bonds. The summed E-state index contributed by atoms with van der Waals surface area (Å²) < 4.78 is 6.05. The van der Waals surface area contributed by atoms with Crippen molar-refractivity contribution in [2.45, 2.75) is 20.3 Å². The lowest BCUT2D eigenvalue weighted by Gasteiger charge is -2.36. The number of piperazine rings is 2. The van der Waals surface area contributed by atoms with Crippen LogP contribution in [0.3, 0.4) is 0 Å². The molecular weight excluding hydrogens is 600 g/mol. The van der Waals surface area contributed by atoms with Crippen molar-refractivity contribution in [2.75, 3.05) is 75.2 Å². The highest BCUT2D eigenvalue weighted by Gasteiger charge is 2.21. The van der Waals surface area contributed by atoms with Gasteiger partial charge in [-0.1, -0.05) is 43.8 Å². The van der Waals surface area contributed by atoms with Crippen LogP contribution < -0.4 is 15.2 Å². The second kappa shape index (κ2) is 15.0. The van der Waals surface area contributed by atoms with Crippen LogP contribution in [0.25, 0.3) is 21.9 Å². The van der Waals surface area contributed by atoms with E-state index >= 15 is 0 Å². The largest absolute Gasteiger partial charge is 0.456 e. The van der Waals surface area contributed by atoms with E-state index in [0.717, 1.165) is 52.4 Å². The SMILES string of the molecule is C.O=C(CCN1CCN(c2ccccc2)CC1)c1ccc2oc3ccc(C(=O)CCN4CCN(c5ccccc5)CC4)cc3c(=O)c2c1. The number of carbonyl (C=O) groups excluding carboxylic acids is 2. The van der Waals surface area contributed by atoms with Crippen LogP contribution in [-0.4, -0.2) is 86.8 Å². The van der Waals surface area contributed by atoms with Crippen molar-refractivity contribution in [3.8, 4) is 0 Å². The monoisotopic (exact) mass is 644 g/mol. The summed E-state index contributed by atoms with van der Waals surface area (Å²) in [7, 11) is 0. The van der Waals surface area contributed by atoms with Crippen molar-refractivity contribution in [3.05, 3.63) is 118 Å². The fourth-order valence-corrected chi connectivity index (χ4v) is 6.75. The average molecular weight is 645 g/mol. The second-order valence-electron chi connectivity index (χ2n) is 12.5. The predicted octanol–water partition coefficient (Wildman–Crippen LogP) is 6.37. The number of rotatable bonds is 10. The van der Waals surface area contributed by atoms with E-state index in [0.29, 0.717) is 59.0 Å². The molecular formula is C40H44N4O4. The van der Waals surface area contributed by atoms with E-state index in [1.54, 1.807) is 36.4 Å². The number of carbonyl (C=O) groups is 2. The standard InChI is InChI=1S/C39H40N4O4.CH4/c44-35(15-17-40-19-23-42(24-20-40)31-7-3-1-4-8-31)29-11-13-37-33(27-29)39(46)34-28-30(12-14-38(34)47-37)36(45)16-18-41-21-25-43(26-22-41)32-9-5-2-6-10-32;/h1-14,27-28H,15-26H2;1H4. The van der Waals surface area contributed by atoms with Gasteiger partial charge in [0.2, 0.25) is 5.43 Å². The van der Waals surface area contributed by atoms with E-state index in [1.165, 1.54) is 11.4 Å². The molecule has 1 aromatic heterocycles. The second-order valence-corrected chi connectivity index (χ2v) is 12.5. The van der Waals surface area contributed by atoms with E-state index in [9.17, 15) is 14.4 Å². The maximum absolute atomic E-state index is 13.6. The summed E-state index contributed by atoms with van der Waals surface area (Å²) in [6, 6.07) is 31.0. The number of nitrogens with zero attached hydrogens (tertiary/aromatic N) is 4. The number of ketones is 2. The molecule has 3 heterocycles. The predicted molar refractivity (Wildman–Crippen MR) is 195 cm³/mol. The van der Waals surface area contributed by atoms with Gasteiger partial charge in [0.25, 0.3) is 0 Å². The Morgan fingerprint density at radius 3 is 1.33 bits per heavy atom. The molecule has 2 aliphatic rings. The van der Waals surface area contributed by atoms with Crippen LogP contribution in [0.4, 0.5) is 11.4 Å². The van der Waals surface area contributed by atoms with Crippen LogP contribution >= 0.6 is 0 Å². The lowest BCUT2D eigenvalue weighted by molar-refractivity contribution is 0.0955. The summed E-state index contributed by atoms with van der Waals surface area (Å²) >= 11 is 0. The fourth-order valence-electron chi connectivity index (χ4n) is 6.75. The van der Waals surface area contributed by atoms with Gasteiger partial charge in [0.05, 0.1) is 10.8 Å². The number of para-hydroxylation sites is 2. The van der Waals surface area contributed by atoms with Gasteiger partial charge < -0.3 is 14.2 Å². The summed E-state index contributed by atoms with van der Waals surface area (Å²) in [5.74, 6) is 0.0100. The molecule has 0 N–H and O–H groups in total. The number of anilines is 2. The van der Waals surface area contributed by atoms with Crippen LogP contribution in [-0.2, 0) is 0 Å². The minimum atomic E-state index is -0.223. The van der Waals surface area contributed by atoms with Crippen molar-refractivity contribution < 1.29 is 14.0 Å². The third kappa shape index (κ3) is 7.35. The van der Waals surface area contributed by atoms with Crippen molar-refractivity contribution in [3.63, 3.8) is 0 Å². The van der Waals surface area contributed by atoms with E-state index in [1.807, 2.05) is 12.1 Å². The van der Waals surface area contributed by atoms with Gasteiger partial charge in [-0.15, -0.1) is 0 Å². The van der Waals surface area contributed by atoms with Crippen LogP contribution in [0.15, 0.2) is 106 Å². The smallest absolute Gasteiger partial charge is 0.200 e. The van der Waals surface area contributed by atoms with Gasteiger partial charge in [-0.3, -0.25) is 24.2 Å². The molecule has 248 valence electrons. The third-order valence-corrected chi connectivity index (χ3v) is 9.61. The number of Topliss-reactive ketones (excluding diaryl/α,β-unsaturated/α-hetero) is 2. The Bertz CT molecular complexity index is 1790. The number of benzene rings is 4. The van der Waals surface area contributed by atoms with E-state index < -0.39 is 0 Å². The summed E-state index contributed by atoms with van der Waals surface area (Å²) in [4.78, 5) is 49.4. The van der Waals surface area contributed by atoms with E-state index in [-0.39, 0.29) is 24.4 Å². The Labute approximate surface area is 282 Å². The Kier molecular flexibility index (Phi) is 10.3. The molecule has 2 fully saturated rings. The molecule has 0 radical (unpaired) electrons. The first kappa shape index (κ1) is 33.1. The zero-order valence-corrected chi connectivity index (χ0v) is 26.6. The molecule has 0 saturated carbocycles. The summed E-state index contributed by atoms with van der Waals surface area (Å²) in [6.45, 7) is 8.69. The van der Waals surface area contributed by atoms with Gasteiger partial charge in [-0.25, -0.2) is 0 Å². The Hall–Kier alpha value is -4.79. The first-order valence-electron chi connectivity index (χ1n) is 16.6. The van der Waals surface area contributed by atoms with Crippen LogP contribution in [0, 0.1) is 0 Å². The van der Waals surface area contributed by atoms with Gasteiger partial charge in [-0.2, -0.15) is 0 Å². The molecule has 4 aromatic carbocycles. The maximum atomic E-state index is 13.6. The highest BCUT2D eigenvalue weighted by Crippen LogP contribution is 2.23. The molecule has 0 spiro atoms. The Morgan fingerprint density at radius 1 is 0.542 bits per heavy atom. The number of hydrogen-bond donors (Lipinski definition) is 0. The van der Waals surface area contributed by atoms with E-state index in [2.05, 4.69) is 68.1 Å². The zero-order chi connectivity index (χ0) is 32.2. The molecule has 8 nitrogen and oxygen atoms in total. The Balaban J connectivity index is 0.00000401. The molecule has 7 rings (SSSR count). The zero-order valence-electron chi connectivity index (χ0n) is 26.6. The molecule has 0 atom stereocenters. The third-order valence-electron chi connectivity index (χ3n) is 9.61. The van der Waals surface area contributed by atoms with Gasteiger partial charge in [0.15, 0.2) is 11.6 Å². The average Bonchev–Trinajstić information content (AvgIpc) is 3.14. The van der Waals surface area contributed by atoms with Crippen LogP contribution in [0.2, 0.25) is 0 Å². The number of hydrogen-bond acceptors (Lipinski definition) is 8. The van der Waals surface area contributed by atoms with Gasteiger partial charge in [0.1, 0.15) is 11.2 Å². The first-order chi connectivity index (χ1) is 23.0. The van der Waals surface area contributed by atoms with Gasteiger partial charge in [-0.05, 0) is 60.7 Å². The molecule has 0 bridgehead atoms. The molecule has 0 aliphatic carbocycles.